The Balaban J connectivity index is 1.46. The van der Waals surface area contributed by atoms with Crippen molar-refractivity contribution in [2.45, 2.75) is 5.92 Å². The Labute approximate surface area is 138 Å². The van der Waals surface area contributed by atoms with Crippen LogP contribution in [0.5, 0.6) is 11.5 Å². The number of amides is 2. The summed E-state index contributed by atoms with van der Waals surface area (Å²) in [5, 5.41) is 5.79. The quantitative estimate of drug-likeness (QED) is 0.900. The molecular formula is C18H16N2O4. The van der Waals surface area contributed by atoms with E-state index in [1.807, 2.05) is 18.2 Å². The highest BCUT2D eigenvalue weighted by molar-refractivity contribution is 5.97. The van der Waals surface area contributed by atoms with Crippen LogP contribution in [0.15, 0.2) is 42.5 Å². The van der Waals surface area contributed by atoms with E-state index in [2.05, 4.69) is 10.6 Å². The highest BCUT2D eigenvalue weighted by Gasteiger charge is 2.25. The van der Waals surface area contributed by atoms with Gasteiger partial charge in [0.25, 0.3) is 11.8 Å². The molecule has 2 N–H and O–H groups in total. The lowest BCUT2D eigenvalue weighted by Gasteiger charge is -2.25. The normalized spacial score (nSPS) is 17.8. The fourth-order valence-electron chi connectivity index (χ4n) is 3.02. The molecule has 0 fully saturated rings. The Morgan fingerprint density at radius 2 is 2.00 bits per heavy atom. The zero-order valence-corrected chi connectivity index (χ0v) is 12.9. The van der Waals surface area contributed by atoms with Crippen LogP contribution in [0, 0.1) is 0 Å². The summed E-state index contributed by atoms with van der Waals surface area (Å²) in [5.74, 6) is 1.04. The van der Waals surface area contributed by atoms with E-state index in [0.717, 1.165) is 5.56 Å². The van der Waals surface area contributed by atoms with E-state index in [-0.39, 0.29) is 24.5 Å². The zero-order valence-electron chi connectivity index (χ0n) is 12.9. The molecule has 0 aliphatic carbocycles. The van der Waals surface area contributed by atoms with E-state index in [0.29, 0.717) is 35.7 Å². The molecule has 2 aromatic carbocycles. The van der Waals surface area contributed by atoms with Crippen molar-refractivity contribution in [1.29, 1.82) is 0 Å². The van der Waals surface area contributed by atoms with Crippen molar-refractivity contribution in [3.8, 4) is 11.5 Å². The summed E-state index contributed by atoms with van der Waals surface area (Å²) in [4.78, 5) is 24.2. The van der Waals surface area contributed by atoms with Gasteiger partial charge in [-0.3, -0.25) is 9.59 Å². The predicted molar refractivity (Wildman–Crippen MR) is 86.4 cm³/mol. The van der Waals surface area contributed by atoms with Gasteiger partial charge in [-0.1, -0.05) is 18.2 Å². The number of carbonyl (C=O) groups is 2. The summed E-state index contributed by atoms with van der Waals surface area (Å²) >= 11 is 0. The lowest BCUT2D eigenvalue weighted by molar-refractivity contribution is 0.0935. The molecule has 2 heterocycles. The van der Waals surface area contributed by atoms with Crippen LogP contribution >= 0.6 is 0 Å². The minimum Gasteiger partial charge on any atom is -0.454 e. The maximum Gasteiger partial charge on any atom is 0.251 e. The standard InChI is InChI=1S/C18H16N2O4/c21-17(11-5-6-15-16(7-11)24-10-23-15)19-8-12-9-20-18(22)14-4-2-1-3-13(12)14/h1-7,12H,8-10H2,(H,19,21)(H,20,22). The molecule has 0 saturated carbocycles. The van der Waals surface area contributed by atoms with Gasteiger partial charge in [-0.25, -0.2) is 0 Å². The first-order valence-electron chi connectivity index (χ1n) is 7.77. The van der Waals surface area contributed by atoms with Gasteiger partial charge in [-0.05, 0) is 29.8 Å². The Bertz CT molecular complexity index is 818. The van der Waals surface area contributed by atoms with Crippen LogP contribution in [0.3, 0.4) is 0 Å². The monoisotopic (exact) mass is 324 g/mol. The minimum absolute atomic E-state index is 0.0526. The maximum atomic E-state index is 12.4. The van der Waals surface area contributed by atoms with E-state index in [1.54, 1.807) is 24.3 Å². The molecule has 122 valence electrons. The molecule has 0 radical (unpaired) electrons. The summed E-state index contributed by atoms with van der Waals surface area (Å²) in [7, 11) is 0. The van der Waals surface area contributed by atoms with Gasteiger partial charge in [0.2, 0.25) is 6.79 Å². The second-order valence-electron chi connectivity index (χ2n) is 5.77. The predicted octanol–water partition coefficient (Wildman–Crippen LogP) is 1.67. The fraction of sp³-hybridized carbons (Fsp3) is 0.222. The SMILES string of the molecule is O=C(NCC1CNC(=O)c2ccccc21)c1ccc2c(c1)OCO2. The van der Waals surface area contributed by atoms with E-state index in [1.165, 1.54) is 0 Å². The van der Waals surface area contributed by atoms with Crippen molar-refractivity contribution in [3.05, 3.63) is 59.2 Å². The summed E-state index contributed by atoms with van der Waals surface area (Å²) in [6.45, 7) is 1.14. The Kier molecular flexibility index (Phi) is 3.57. The molecule has 6 heteroatoms. The molecule has 0 spiro atoms. The van der Waals surface area contributed by atoms with E-state index in [9.17, 15) is 9.59 Å². The molecule has 2 aliphatic heterocycles. The number of ether oxygens (including phenoxy) is 2. The number of carbonyl (C=O) groups excluding carboxylic acids is 2. The molecule has 1 unspecified atom stereocenters. The van der Waals surface area contributed by atoms with Gasteiger partial charge in [0.15, 0.2) is 11.5 Å². The first-order chi connectivity index (χ1) is 11.7. The third kappa shape index (κ3) is 2.56. The zero-order chi connectivity index (χ0) is 16.5. The molecule has 24 heavy (non-hydrogen) atoms. The lowest BCUT2D eigenvalue weighted by Crippen LogP contribution is -2.40. The van der Waals surface area contributed by atoms with Crippen LogP contribution in [0.4, 0.5) is 0 Å². The van der Waals surface area contributed by atoms with Crippen LogP contribution in [-0.4, -0.2) is 31.7 Å². The van der Waals surface area contributed by atoms with Gasteiger partial charge >= 0.3 is 0 Å². The summed E-state index contributed by atoms with van der Waals surface area (Å²) in [5.41, 5.74) is 2.16. The Hall–Kier alpha value is -3.02. The van der Waals surface area contributed by atoms with Crippen molar-refractivity contribution < 1.29 is 19.1 Å². The first kappa shape index (κ1) is 14.6. The summed E-state index contributed by atoms with van der Waals surface area (Å²) in [6, 6.07) is 12.6. The second-order valence-corrected chi connectivity index (χ2v) is 5.77. The molecule has 6 nitrogen and oxygen atoms in total. The Morgan fingerprint density at radius 3 is 2.92 bits per heavy atom. The molecule has 0 aromatic heterocycles. The highest BCUT2D eigenvalue weighted by Crippen LogP contribution is 2.32. The van der Waals surface area contributed by atoms with Crippen LogP contribution < -0.4 is 20.1 Å². The van der Waals surface area contributed by atoms with Crippen molar-refractivity contribution in [3.63, 3.8) is 0 Å². The van der Waals surface area contributed by atoms with Gasteiger partial charge in [0.05, 0.1) is 0 Å². The van der Waals surface area contributed by atoms with E-state index >= 15 is 0 Å². The third-order valence-corrected chi connectivity index (χ3v) is 4.30. The van der Waals surface area contributed by atoms with E-state index < -0.39 is 0 Å². The van der Waals surface area contributed by atoms with Crippen LogP contribution in [0.1, 0.15) is 32.2 Å². The smallest absolute Gasteiger partial charge is 0.251 e. The van der Waals surface area contributed by atoms with Gasteiger partial charge in [0.1, 0.15) is 0 Å². The second kappa shape index (κ2) is 5.88. The number of hydrogen-bond acceptors (Lipinski definition) is 4. The molecule has 2 aliphatic rings. The summed E-state index contributed by atoms with van der Waals surface area (Å²) < 4.78 is 10.5. The van der Waals surface area contributed by atoms with Crippen molar-refractivity contribution in [2.75, 3.05) is 19.9 Å². The summed E-state index contributed by atoms with van der Waals surface area (Å²) in [6.07, 6.45) is 0. The number of hydrogen-bond donors (Lipinski definition) is 2. The maximum absolute atomic E-state index is 12.4. The molecule has 2 amide bonds. The minimum atomic E-state index is -0.178. The first-order valence-corrected chi connectivity index (χ1v) is 7.77. The van der Waals surface area contributed by atoms with Gasteiger partial charge in [-0.2, -0.15) is 0 Å². The van der Waals surface area contributed by atoms with Crippen molar-refractivity contribution in [2.24, 2.45) is 0 Å². The van der Waals surface area contributed by atoms with Crippen molar-refractivity contribution >= 4 is 11.8 Å². The molecular weight excluding hydrogens is 308 g/mol. The Morgan fingerprint density at radius 1 is 1.17 bits per heavy atom. The van der Waals surface area contributed by atoms with Crippen molar-refractivity contribution in [1.82, 2.24) is 10.6 Å². The number of fused-ring (bicyclic) bond motifs is 2. The fourth-order valence-corrected chi connectivity index (χ4v) is 3.02. The lowest BCUT2D eigenvalue weighted by atomic mass is 9.90. The largest absolute Gasteiger partial charge is 0.454 e. The van der Waals surface area contributed by atoms with Crippen LogP contribution in [0.25, 0.3) is 0 Å². The molecule has 4 rings (SSSR count). The third-order valence-electron chi connectivity index (χ3n) is 4.30. The number of benzene rings is 2. The average Bonchev–Trinajstić information content (AvgIpc) is 3.09. The van der Waals surface area contributed by atoms with Crippen LogP contribution in [-0.2, 0) is 0 Å². The van der Waals surface area contributed by atoms with E-state index in [4.69, 9.17) is 9.47 Å². The van der Waals surface area contributed by atoms with Gasteiger partial charge in [-0.15, -0.1) is 0 Å². The molecule has 0 bridgehead atoms. The molecule has 1 atom stereocenters. The van der Waals surface area contributed by atoms with Gasteiger partial charge in [0, 0.05) is 30.1 Å². The number of rotatable bonds is 3. The molecule has 2 aromatic rings. The van der Waals surface area contributed by atoms with Crippen LogP contribution in [0.2, 0.25) is 0 Å². The molecule has 0 saturated heterocycles. The topological polar surface area (TPSA) is 76.7 Å². The highest BCUT2D eigenvalue weighted by atomic mass is 16.7. The number of nitrogens with one attached hydrogen (secondary N) is 2. The van der Waals surface area contributed by atoms with Gasteiger partial charge < -0.3 is 20.1 Å². The average molecular weight is 324 g/mol.